The summed E-state index contributed by atoms with van der Waals surface area (Å²) in [5.41, 5.74) is 1.41. The first-order valence-electron chi connectivity index (χ1n) is 8.53. The van der Waals surface area contributed by atoms with E-state index in [1.54, 1.807) is 0 Å². The van der Waals surface area contributed by atoms with Gasteiger partial charge in [0.1, 0.15) is 11.9 Å². The minimum Gasteiger partial charge on any atom is -0.457 e. The fourth-order valence-corrected chi connectivity index (χ4v) is 3.60. The van der Waals surface area contributed by atoms with Gasteiger partial charge >= 0.3 is 5.97 Å². The van der Waals surface area contributed by atoms with Crippen LogP contribution in [0.3, 0.4) is 0 Å². The molecule has 0 aromatic rings. The lowest BCUT2D eigenvalue weighted by molar-refractivity contribution is -0.148. The summed E-state index contributed by atoms with van der Waals surface area (Å²) >= 11 is 0. The molecule has 0 aromatic carbocycles. The summed E-state index contributed by atoms with van der Waals surface area (Å²) in [6, 6.07) is 0. The molecule has 0 amide bonds. The van der Waals surface area contributed by atoms with E-state index in [2.05, 4.69) is 19.9 Å². The van der Waals surface area contributed by atoms with Crippen LogP contribution in [-0.2, 0) is 19.1 Å². The number of carbonyl (C=O) groups excluding carboxylic acids is 2. The Hall–Kier alpha value is -1.46. The molecule has 24 heavy (non-hydrogen) atoms. The van der Waals surface area contributed by atoms with Crippen molar-refractivity contribution in [2.45, 2.75) is 71.2 Å². The van der Waals surface area contributed by atoms with Gasteiger partial charge in [-0.2, -0.15) is 0 Å². The topological polar surface area (TPSA) is 72.8 Å². The van der Waals surface area contributed by atoms with Crippen molar-refractivity contribution in [2.75, 3.05) is 7.11 Å². The van der Waals surface area contributed by atoms with Crippen molar-refractivity contribution in [3.63, 3.8) is 0 Å². The van der Waals surface area contributed by atoms with Gasteiger partial charge in [0.25, 0.3) is 0 Å². The maximum atomic E-state index is 12.7. The molecule has 1 N–H and O–H groups in total. The van der Waals surface area contributed by atoms with Gasteiger partial charge < -0.3 is 14.6 Å². The van der Waals surface area contributed by atoms with Gasteiger partial charge in [0.2, 0.25) is 0 Å². The zero-order chi connectivity index (χ0) is 17.9. The van der Waals surface area contributed by atoms with Crippen molar-refractivity contribution in [1.29, 1.82) is 0 Å². The third kappa shape index (κ3) is 3.95. The van der Waals surface area contributed by atoms with Crippen LogP contribution in [0.1, 0.15) is 52.9 Å². The van der Waals surface area contributed by atoms with Crippen LogP contribution in [0.4, 0.5) is 0 Å². The van der Waals surface area contributed by atoms with Crippen LogP contribution in [0, 0.1) is 5.41 Å². The molecular weight excluding hydrogens is 308 g/mol. The average Bonchev–Trinajstić information content (AvgIpc) is 2.79. The Bertz CT molecular complexity index is 558. The first-order chi connectivity index (χ1) is 11.3. The second kappa shape index (κ2) is 7.62. The molecular formula is C19H28O5. The van der Waals surface area contributed by atoms with Gasteiger partial charge in [0.05, 0.1) is 24.0 Å². The predicted molar refractivity (Wildman–Crippen MR) is 90.4 cm³/mol. The Morgan fingerprint density at radius 2 is 2.08 bits per heavy atom. The molecule has 0 unspecified atom stereocenters. The highest BCUT2D eigenvalue weighted by molar-refractivity contribution is 5.93. The van der Waals surface area contributed by atoms with Crippen LogP contribution >= 0.6 is 0 Å². The number of hydrogen-bond donors (Lipinski definition) is 1. The summed E-state index contributed by atoms with van der Waals surface area (Å²) in [6.45, 7) is 6.10. The van der Waals surface area contributed by atoms with E-state index in [1.165, 1.54) is 12.7 Å². The van der Waals surface area contributed by atoms with E-state index in [4.69, 9.17) is 9.47 Å². The Balaban J connectivity index is 2.18. The van der Waals surface area contributed by atoms with Crippen molar-refractivity contribution in [3.05, 3.63) is 23.3 Å². The number of cyclic esters (lactones) is 1. The summed E-state index contributed by atoms with van der Waals surface area (Å²) in [7, 11) is 1.49. The molecule has 1 saturated heterocycles. The number of hydrogen-bond acceptors (Lipinski definition) is 5. The number of esters is 1. The van der Waals surface area contributed by atoms with Crippen LogP contribution < -0.4 is 0 Å². The minimum absolute atomic E-state index is 0.0434. The monoisotopic (exact) mass is 336 g/mol. The zero-order valence-electron chi connectivity index (χ0n) is 15.0. The molecule has 2 aliphatic rings. The Morgan fingerprint density at radius 3 is 2.71 bits per heavy atom. The number of rotatable bonds is 5. The van der Waals surface area contributed by atoms with Crippen molar-refractivity contribution in [1.82, 2.24) is 0 Å². The van der Waals surface area contributed by atoms with Gasteiger partial charge in [-0.3, -0.25) is 9.59 Å². The fraction of sp³-hybridized carbons (Fsp3) is 0.684. The number of ketones is 1. The van der Waals surface area contributed by atoms with Crippen molar-refractivity contribution < 1.29 is 24.2 Å². The lowest BCUT2D eigenvalue weighted by Gasteiger charge is -2.39. The Kier molecular flexibility index (Phi) is 5.99. The molecule has 2 rings (SSSR count). The number of aliphatic hydroxyl groups excluding tert-OH is 1. The smallest absolute Gasteiger partial charge is 0.307 e. The van der Waals surface area contributed by atoms with Gasteiger partial charge in [-0.15, -0.1) is 0 Å². The Morgan fingerprint density at radius 1 is 1.38 bits per heavy atom. The minimum atomic E-state index is -0.941. The van der Waals surface area contributed by atoms with Gasteiger partial charge in [-0.1, -0.05) is 17.2 Å². The quantitative estimate of drug-likeness (QED) is 0.617. The van der Waals surface area contributed by atoms with Crippen LogP contribution in [-0.4, -0.2) is 42.3 Å². The van der Waals surface area contributed by atoms with E-state index in [0.717, 1.165) is 18.4 Å². The molecule has 4 atom stereocenters. The molecule has 1 spiro atoms. The molecule has 134 valence electrons. The number of carbonyl (C=O) groups is 2. The first kappa shape index (κ1) is 18.9. The molecule has 2 fully saturated rings. The highest BCUT2D eigenvalue weighted by atomic mass is 16.6. The van der Waals surface area contributed by atoms with E-state index in [-0.39, 0.29) is 31.0 Å². The normalized spacial score (nSPS) is 33.7. The SMILES string of the molecule is CO[C@@H]1CC(=O)[C@@]2(CC(=O)O[C@@H]2/C=C(\C)CCC=C(C)C)C[C@@H]1O. The van der Waals surface area contributed by atoms with Crippen molar-refractivity contribution in [2.24, 2.45) is 5.41 Å². The average molecular weight is 336 g/mol. The second-order valence-corrected chi connectivity index (χ2v) is 7.25. The maximum Gasteiger partial charge on any atom is 0.307 e. The van der Waals surface area contributed by atoms with Crippen LogP contribution in [0.25, 0.3) is 0 Å². The fourth-order valence-electron chi connectivity index (χ4n) is 3.60. The maximum absolute atomic E-state index is 12.7. The molecule has 1 aliphatic carbocycles. The summed E-state index contributed by atoms with van der Waals surface area (Å²) in [5.74, 6) is -0.423. The predicted octanol–water partition coefficient (Wildman–Crippen LogP) is 2.72. The number of Topliss-reactive ketones (excluding diaryl/α,β-unsaturated/α-hetero) is 1. The van der Waals surface area contributed by atoms with Gasteiger partial charge in [-0.05, 0) is 46.1 Å². The molecule has 5 nitrogen and oxygen atoms in total. The van der Waals surface area contributed by atoms with Gasteiger partial charge in [0.15, 0.2) is 0 Å². The third-order valence-electron chi connectivity index (χ3n) is 5.04. The van der Waals surface area contributed by atoms with E-state index >= 15 is 0 Å². The number of ether oxygens (including phenoxy) is 2. The molecule has 1 aliphatic heterocycles. The van der Waals surface area contributed by atoms with Gasteiger partial charge in [0, 0.05) is 13.5 Å². The molecule has 0 radical (unpaired) electrons. The number of aliphatic hydroxyl groups is 1. The molecule has 0 bridgehead atoms. The largest absolute Gasteiger partial charge is 0.457 e. The highest BCUT2D eigenvalue weighted by Crippen LogP contribution is 2.46. The van der Waals surface area contributed by atoms with Gasteiger partial charge in [-0.25, -0.2) is 0 Å². The van der Waals surface area contributed by atoms with Crippen LogP contribution in [0.5, 0.6) is 0 Å². The zero-order valence-corrected chi connectivity index (χ0v) is 15.0. The molecule has 5 heteroatoms. The first-order valence-corrected chi connectivity index (χ1v) is 8.53. The summed E-state index contributed by atoms with van der Waals surface area (Å²) in [4.78, 5) is 24.6. The van der Waals surface area contributed by atoms with Crippen molar-refractivity contribution >= 4 is 11.8 Å². The number of allylic oxidation sites excluding steroid dienone is 3. The van der Waals surface area contributed by atoms with Crippen LogP contribution in [0.2, 0.25) is 0 Å². The third-order valence-corrected chi connectivity index (χ3v) is 5.04. The standard InChI is InChI=1S/C19H28O5/c1-12(2)6-5-7-13(3)8-17-19(11-18(22)24-17)10-14(20)15(23-4)9-16(19)21/h6,8,14-15,17,20H,5,7,9-11H2,1-4H3/b13-8+/t14-,15+,17+,19-/m0/s1. The van der Waals surface area contributed by atoms with Crippen LogP contribution in [0.15, 0.2) is 23.3 Å². The second-order valence-electron chi connectivity index (χ2n) is 7.25. The molecule has 0 aromatic heterocycles. The Labute approximate surface area is 143 Å². The highest BCUT2D eigenvalue weighted by Gasteiger charge is 2.57. The van der Waals surface area contributed by atoms with E-state index in [1.807, 2.05) is 13.0 Å². The summed E-state index contributed by atoms with van der Waals surface area (Å²) in [5, 5.41) is 10.3. The molecule has 1 heterocycles. The van der Waals surface area contributed by atoms with Crippen molar-refractivity contribution in [3.8, 4) is 0 Å². The van der Waals surface area contributed by atoms with E-state index in [9.17, 15) is 14.7 Å². The van der Waals surface area contributed by atoms with E-state index in [0.29, 0.717) is 0 Å². The molecule has 1 saturated carbocycles. The number of methoxy groups -OCH3 is 1. The lowest BCUT2D eigenvalue weighted by atomic mass is 9.66. The van der Waals surface area contributed by atoms with E-state index < -0.39 is 23.7 Å². The summed E-state index contributed by atoms with van der Waals surface area (Å²) in [6.07, 6.45) is 4.35. The lowest BCUT2D eigenvalue weighted by Crippen LogP contribution is -2.51. The summed E-state index contributed by atoms with van der Waals surface area (Å²) < 4.78 is 10.6.